The smallest absolute Gasteiger partial charge is 0.355 e. The maximum atomic E-state index is 12.4. The summed E-state index contributed by atoms with van der Waals surface area (Å²) in [4.78, 5) is 18.7. The van der Waals surface area contributed by atoms with Crippen LogP contribution in [0.15, 0.2) is 53.4 Å². The highest BCUT2D eigenvalue weighted by molar-refractivity contribution is 7.80. The highest BCUT2D eigenvalue weighted by Gasteiger charge is 2.52. The topological polar surface area (TPSA) is 47.4 Å². The van der Waals surface area contributed by atoms with E-state index in [0.29, 0.717) is 23.3 Å². The lowest BCUT2D eigenvalue weighted by molar-refractivity contribution is -0.138. The van der Waals surface area contributed by atoms with Crippen LogP contribution in [0.2, 0.25) is 0 Å². The fourth-order valence-electron chi connectivity index (χ4n) is 3.31. The van der Waals surface area contributed by atoms with Crippen molar-refractivity contribution in [3.8, 4) is 0 Å². The van der Waals surface area contributed by atoms with E-state index in [4.69, 9.17) is 17.4 Å². The second-order valence-electron chi connectivity index (χ2n) is 5.31. The predicted molar refractivity (Wildman–Crippen MR) is 85.2 cm³/mol. The van der Waals surface area contributed by atoms with E-state index in [1.165, 1.54) is 0 Å². The standard InChI is InChI=1S/C16H14N3O2S/c1-2-21-14(20)11-6-5-9-16-8-4-3-7-12(16)18-13(22)10-17-15(18)19(11)16/h3-7,9-10H,2,8H2,1H3. The summed E-state index contributed by atoms with van der Waals surface area (Å²) in [5.41, 5.74) is 1.08. The molecule has 0 N–H and O–H groups in total. The van der Waals surface area contributed by atoms with Crippen LogP contribution < -0.4 is 4.90 Å². The minimum atomic E-state index is -0.442. The first kappa shape index (κ1) is 13.3. The summed E-state index contributed by atoms with van der Waals surface area (Å²) < 4.78 is 7.14. The SMILES string of the molecule is CCOC(=O)C1=CC=CC23CC=CC=C2n2c([S])cnc2N13. The van der Waals surface area contributed by atoms with Crippen molar-refractivity contribution in [1.29, 1.82) is 0 Å². The zero-order chi connectivity index (χ0) is 15.3. The van der Waals surface area contributed by atoms with Gasteiger partial charge < -0.3 is 4.74 Å². The van der Waals surface area contributed by atoms with Gasteiger partial charge in [-0.05, 0) is 25.5 Å². The van der Waals surface area contributed by atoms with E-state index < -0.39 is 5.54 Å². The van der Waals surface area contributed by atoms with Crippen molar-refractivity contribution in [3.63, 3.8) is 0 Å². The predicted octanol–water partition coefficient (Wildman–Crippen LogP) is 2.82. The van der Waals surface area contributed by atoms with E-state index in [1.807, 2.05) is 27.7 Å². The summed E-state index contributed by atoms with van der Waals surface area (Å²) in [6, 6.07) is 0. The average molecular weight is 312 g/mol. The molecule has 4 rings (SSSR count). The van der Waals surface area contributed by atoms with Crippen molar-refractivity contribution in [3.05, 3.63) is 48.4 Å². The van der Waals surface area contributed by atoms with Gasteiger partial charge in [0.1, 0.15) is 16.3 Å². The summed E-state index contributed by atoms with van der Waals surface area (Å²) in [6.07, 6.45) is 14.3. The number of hydrogen-bond donors (Lipinski definition) is 0. The Kier molecular flexibility index (Phi) is 2.77. The number of fused-ring (bicyclic) bond motifs is 3. The lowest BCUT2D eigenvalue weighted by Crippen LogP contribution is -2.48. The van der Waals surface area contributed by atoms with E-state index in [1.54, 1.807) is 19.2 Å². The Morgan fingerprint density at radius 2 is 2.32 bits per heavy atom. The van der Waals surface area contributed by atoms with Gasteiger partial charge in [0.25, 0.3) is 0 Å². The van der Waals surface area contributed by atoms with Crippen molar-refractivity contribution < 1.29 is 9.53 Å². The van der Waals surface area contributed by atoms with Gasteiger partial charge in [0, 0.05) is 0 Å². The fourth-order valence-corrected chi connectivity index (χ4v) is 3.54. The van der Waals surface area contributed by atoms with Gasteiger partial charge in [-0.25, -0.2) is 9.78 Å². The Morgan fingerprint density at radius 1 is 1.45 bits per heavy atom. The van der Waals surface area contributed by atoms with Crippen LogP contribution in [0.4, 0.5) is 5.95 Å². The Labute approximate surface area is 133 Å². The van der Waals surface area contributed by atoms with Gasteiger partial charge >= 0.3 is 5.97 Å². The van der Waals surface area contributed by atoms with Crippen molar-refractivity contribution in [2.24, 2.45) is 0 Å². The van der Waals surface area contributed by atoms with E-state index in [2.05, 4.69) is 17.1 Å². The molecule has 1 unspecified atom stereocenters. The first-order chi connectivity index (χ1) is 10.7. The third-order valence-corrected chi connectivity index (χ3v) is 4.45. The molecule has 2 aliphatic heterocycles. The first-order valence-corrected chi connectivity index (χ1v) is 7.59. The van der Waals surface area contributed by atoms with Crippen molar-refractivity contribution in [1.82, 2.24) is 9.55 Å². The Balaban J connectivity index is 1.92. The minimum Gasteiger partial charge on any atom is -0.461 e. The largest absolute Gasteiger partial charge is 0.461 e. The molecule has 0 saturated carbocycles. The van der Waals surface area contributed by atoms with Crippen molar-refractivity contribution in [2.75, 3.05) is 11.5 Å². The Bertz CT molecular complexity index is 787. The maximum Gasteiger partial charge on any atom is 0.355 e. The van der Waals surface area contributed by atoms with Gasteiger partial charge in [0.15, 0.2) is 0 Å². The number of nitrogens with zero attached hydrogens (tertiary/aromatic N) is 3. The Hall–Kier alpha value is -2.34. The molecule has 1 radical (unpaired) electrons. The fraction of sp³-hybridized carbons (Fsp3) is 0.250. The number of esters is 1. The molecular weight excluding hydrogens is 298 g/mol. The molecule has 3 heterocycles. The molecule has 0 saturated heterocycles. The second kappa shape index (κ2) is 4.58. The highest BCUT2D eigenvalue weighted by Crippen LogP contribution is 2.50. The molecule has 22 heavy (non-hydrogen) atoms. The molecule has 5 nitrogen and oxygen atoms in total. The molecule has 3 aliphatic rings. The number of ether oxygens (including phenoxy) is 1. The molecule has 6 heteroatoms. The summed E-state index contributed by atoms with van der Waals surface area (Å²) in [5.74, 6) is 0.325. The van der Waals surface area contributed by atoms with Crippen LogP contribution in [0.3, 0.4) is 0 Å². The summed E-state index contributed by atoms with van der Waals surface area (Å²) >= 11 is 5.40. The van der Waals surface area contributed by atoms with Gasteiger partial charge in [-0.3, -0.25) is 9.47 Å². The minimum absolute atomic E-state index is 0.337. The van der Waals surface area contributed by atoms with E-state index in [9.17, 15) is 4.79 Å². The lowest BCUT2D eigenvalue weighted by atomic mass is 9.84. The molecule has 1 aromatic rings. The van der Waals surface area contributed by atoms with Gasteiger partial charge in [-0.15, -0.1) is 0 Å². The number of anilines is 1. The average Bonchev–Trinajstić information content (AvgIpc) is 3.03. The normalized spacial score (nSPS) is 24.3. The molecule has 1 spiro atoms. The summed E-state index contributed by atoms with van der Waals surface area (Å²) in [7, 11) is 0. The molecule has 1 atom stereocenters. The lowest BCUT2D eigenvalue weighted by Gasteiger charge is -2.39. The number of carbonyl (C=O) groups is 1. The maximum absolute atomic E-state index is 12.4. The second-order valence-corrected chi connectivity index (χ2v) is 5.73. The van der Waals surface area contributed by atoms with E-state index >= 15 is 0 Å². The molecule has 0 amide bonds. The van der Waals surface area contributed by atoms with Crippen molar-refractivity contribution >= 4 is 30.2 Å². The van der Waals surface area contributed by atoms with Crippen LogP contribution in [0.25, 0.3) is 5.70 Å². The molecule has 0 aromatic carbocycles. The molecule has 0 bridgehead atoms. The van der Waals surface area contributed by atoms with Crippen LogP contribution in [0, 0.1) is 0 Å². The zero-order valence-corrected chi connectivity index (χ0v) is 12.8. The highest BCUT2D eigenvalue weighted by atomic mass is 32.1. The number of rotatable bonds is 2. The number of aromatic nitrogens is 2. The van der Waals surface area contributed by atoms with Crippen LogP contribution in [-0.4, -0.2) is 27.7 Å². The Morgan fingerprint density at radius 3 is 3.14 bits per heavy atom. The van der Waals surface area contributed by atoms with Crippen LogP contribution in [0.5, 0.6) is 0 Å². The molecule has 1 aromatic heterocycles. The number of carbonyl (C=O) groups excluding carboxylic acids is 1. The number of imidazole rings is 1. The van der Waals surface area contributed by atoms with Gasteiger partial charge in [0.2, 0.25) is 5.95 Å². The molecule has 0 fully saturated rings. The monoisotopic (exact) mass is 312 g/mol. The van der Waals surface area contributed by atoms with Gasteiger partial charge in [-0.1, -0.05) is 36.9 Å². The third kappa shape index (κ3) is 1.53. The summed E-state index contributed by atoms with van der Waals surface area (Å²) in [5, 5.41) is 0.641. The van der Waals surface area contributed by atoms with E-state index in [0.717, 1.165) is 12.1 Å². The number of allylic oxidation sites excluding steroid dienone is 4. The van der Waals surface area contributed by atoms with E-state index in [-0.39, 0.29) is 5.97 Å². The number of hydrogen-bond acceptors (Lipinski definition) is 4. The molecule has 111 valence electrons. The van der Waals surface area contributed by atoms with Crippen LogP contribution in [0.1, 0.15) is 13.3 Å². The molecule has 1 aliphatic carbocycles. The van der Waals surface area contributed by atoms with Gasteiger partial charge in [0.05, 0.1) is 18.5 Å². The third-order valence-electron chi connectivity index (χ3n) is 4.17. The van der Waals surface area contributed by atoms with Crippen LogP contribution in [-0.2, 0) is 9.53 Å². The first-order valence-electron chi connectivity index (χ1n) is 7.18. The zero-order valence-electron chi connectivity index (χ0n) is 12.0. The molecular formula is C16H14N3O2S. The van der Waals surface area contributed by atoms with Crippen LogP contribution >= 0.6 is 12.6 Å². The summed E-state index contributed by atoms with van der Waals surface area (Å²) in [6.45, 7) is 2.14. The quantitative estimate of drug-likeness (QED) is 0.788. The van der Waals surface area contributed by atoms with Crippen molar-refractivity contribution in [2.45, 2.75) is 23.9 Å². The van der Waals surface area contributed by atoms with Gasteiger partial charge in [-0.2, -0.15) is 0 Å².